The van der Waals surface area contributed by atoms with Crippen LogP contribution in [0.4, 0.5) is 0 Å². The quantitative estimate of drug-likeness (QED) is 0.294. The fraction of sp³-hybridized carbons (Fsp3) is 0.241. The molecule has 1 saturated heterocycles. The first-order valence-electron chi connectivity index (χ1n) is 12.5. The number of hydrogen-bond acceptors (Lipinski definition) is 6. The third-order valence-electron chi connectivity index (χ3n) is 7.03. The maximum Gasteiger partial charge on any atom is 0.230 e. The Morgan fingerprint density at radius 1 is 0.784 bits per heavy atom. The first-order chi connectivity index (χ1) is 18.1. The molecule has 0 aliphatic carbocycles. The molecule has 0 bridgehead atoms. The molecule has 1 atom stereocenters. The molecule has 1 fully saturated rings. The number of halogens is 1. The average molecular weight is 530 g/mol. The smallest absolute Gasteiger partial charge is 0.230 e. The van der Waals surface area contributed by atoms with Crippen molar-refractivity contribution in [3.8, 4) is 5.88 Å². The van der Waals surface area contributed by atoms with Gasteiger partial charge >= 0.3 is 0 Å². The zero-order chi connectivity index (χ0) is 25.4. The van der Waals surface area contributed by atoms with Gasteiger partial charge in [-0.25, -0.2) is 4.98 Å². The molecular weight excluding hydrogens is 502 g/mol. The monoisotopic (exact) mass is 529 g/mol. The van der Waals surface area contributed by atoms with E-state index in [1.54, 1.807) is 4.52 Å². The van der Waals surface area contributed by atoms with Crippen molar-refractivity contribution >= 4 is 27.9 Å². The van der Waals surface area contributed by atoms with Gasteiger partial charge < -0.3 is 5.11 Å². The Morgan fingerprint density at radius 2 is 1.35 bits per heavy atom. The molecule has 37 heavy (non-hydrogen) atoms. The van der Waals surface area contributed by atoms with Crippen molar-refractivity contribution < 1.29 is 5.11 Å². The molecule has 0 radical (unpaired) electrons. The van der Waals surface area contributed by atoms with E-state index in [0.29, 0.717) is 15.8 Å². The molecule has 1 aliphatic heterocycles. The third-order valence-corrected chi connectivity index (χ3v) is 8.34. The standard InChI is InChI=1S/C29H28ClN5OS/c1-20-31-29-35(32-20)28(36)27(37-29)26(23-13-8-14-24(30)19-23)34-17-15-33(16-18-34)25(21-9-4-2-5-10-21)22-11-6-3-7-12-22/h2-14,19,25-26,36H,15-18H2,1H3/t26-/m0/s1. The van der Waals surface area contributed by atoms with Crippen molar-refractivity contribution in [2.24, 2.45) is 0 Å². The number of benzene rings is 3. The van der Waals surface area contributed by atoms with Crippen LogP contribution >= 0.6 is 22.9 Å². The van der Waals surface area contributed by atoms with Crippen molar-refractivity contribution in [1.82, 2.24) is 24.4 Å². The largest absolute Gasteiger partial charge is 0.492 e. The van der Waals surface area contributed by atoms with Gasteiger partial charge in [0.25, 0.3) is 0 Å². The summed E-state index contributed by atoms with van der Waals surface area (Å²) in [4.78, 5) is 11.0. The van der Waals surface area contributed by atoms with Crippen LogP contribution in [0.3, 0.4) is 0 Å². The summed E-state index contributed by atoms with van der Waals surface area (Å²) >= 11 is 7.91. The summed E-state index contributed by atoms with van der Waals surface area (Å²) in [5.41, 5.74) is 3.65. The van der Waals surface area contributed by atoms with E-state index in [-0.39, 0.29) is 18.0 Å². The molecule has 6 nitrogen and oxygen atoms in total. The molecule has 0 spiro atoms. The molecule has 3 aromatic carbocycles. The van der Waals surface area contributed by atoms with Gasteiger partial charge in [-0.3, -0.25) is 9.80 Å². The maximum atomic E-state index is 11.2. The van der Waals surface area contributed by atoms with Crippen molar-refractivity contribution in [1.29, 1.82) is 0 Å². The molecule has 188 valence electrons. The van der Waals surface area contributed by atoms with Gasteiger partial charge in [0.15, 0.2) is 0 Å². The number of rotatable bonds is 6. The van der Waals surface area contributed by atoms with Crippen LogP contribution in [0.5, 0.6) is 5.88 Å². The highest BCUT2D eigenvalue weighted by atomic mass is 35.5. The zero-order valence-corrected chi connectivity index (χ0v) is 22.1. The molecule has 0 saturated carbocycles. The van der Waals surface area contributed by atoms with E-state index in [2.05, 4.69) is 86.6 Å². The lowest BCUT2D eigenvalue weighted by Gasteiger charge is -2.42. The summed E-state index contributed by atoms with van der Waals surface area (Å²) in [5.74, 6) is 0.799. The Labute approximate surface area is 225 Å². The van der Waals surface area contributed by atoms with Crippen molar-refractivity contribution in [3.05, 3.63) is 117 Å². The molecule has 8 heteroatoms. The number of thiazole rings is 1. The molecule has 1 N–H and O–H groups in total. The highest BCUT2D eigenvalue weighted by Crippen LogP contribution is 2.41. The molecule has 3 heterocycles. The summed E-state index contributed by atoms with van der Waals surface area (Å²) < 4.78 is 1.55. The molecule has 6 rings (SSSR count). The molecule has 5 aromatic rings. The Morgan fingerprint density at radius 3 is 1.92 bits per heavy atom. The van der Waals surface area contributed by atoms with Gasteiger partial charge in [-0.05, 0) is 35.7 Å². The van der Waals surface area contributed by atoms with Crippen LogP contribution in [-0.2, 0) is 0 Å². The lowest BCUT2D eigenvalue weighted by molar-refractivity contribution is 0.0899. The van der Waals surface area contributed by atoms with Gasteiger partial charge in [-0.1, -0.05) is 95.7 Å². The van der Waals surface area contributed by atoms with Crippen LogP contribution < -0.4 is 0 Å². The second kappa shape index (κ2) is 10.3. The van der Waals surface area contributed by atoms with Crippen LogP contribution in [0.15, 0.2) is 84.9 Å². The van der Waals surface area contributed by atoms with Crippen LogP contribution in [0.2, 0.25) is 5.02 Å². The molecule has 1 aliphatic rings. The Balaban J connectivity index is 1.32. The van der Waals surface area contributed by atoms with E-state index < -0.39 is 0 Å². The van der Waals surface area contributed by atoms with Crippen molar-refractivity contribution in [2.75, 3.05) is 26.2 Å². The zero-order valence-electron chi connectivity index (χ0n) is 20.5. The van der Waals surface area contributed by atoms with Gasteiger partial charge in [0.05, 0.1) is 17.0 Å². The highest BCUT2D eigenvalue weighted by Gasteiger charge is 2.34. The number of piperazine rings is 1. The van der Waals surface area contributed by atoms with Gasteiger partial charge in [-0.2, -0.15) is 4.52 Å². The number of aromatic nitrogens is 3. The van der Waals surface area contributed by atoms with Crippen molar-refractivity contribution in [2.45, 2.75) is 19.0 Å². The predicted molar refractivity (Wildman–Crippen MR) is 148 cm³/mol. The van der Waals surface area contributed by atoms with E-state index in [1.165, 1.54) is 22.5 Å². The van der Waals surface area contributed by atoms with Crippen LogP contribution in [0, 0.1) is 6.92 Å². The minimum atomic E-state index is -0.137. The summed E-state index contributed by atoms with van der Waals surface area (Å²) in [6.45, 7) is 5.32. The highest BCUT2D eigenvalue weighted by molar-refractivity contribution is 7.17. The average Bonchev–Trinajstić information content (AvgIpc) is 3.43. The summed E-state index contributed by atoms with van der Waals surface area (Å²) in [6, 6.07) is 29.4. The van der Waals surface area contributed by atoms with Gasteiger partial charge in [0.2, 0.25) is 10.8 Å². The number of fused-ring (bicyclic) bond motifs is 1. The fourth-order valence-corrected chi connectivity index (χ4v) is 6.73. The fourth-order valence-electron chi connectivity index (χ4n) is 5.37. The molecule has 2 aromatic heterocycles. The number of nitrogens with zero attached hydrogens (tertiary/aromatic N) is 5. The summed E-state index contributed by atoms with van der Waals surface area (Å²) in [5, 5.41) is 16.2. The van der Waals surface area contributed by atoms with Gasteiger partial charge in [-0.15, -0.1) is 5.10 Å². The first-order valence-corrected chi connectivity index (χ1v) is 13.7. The van der Waals surface area contributed by atoms with E-state index in [4.69, 9.17) is 11.6 Å². The lowest BCUT2D eigenvalue weighted by Crippen LogP contribution is -2.49. The third kappa shape index (κ3) is 4.76. The second-order valence-electron chi connectivity index (χ2n) is 9.40. The lowest BCUT2D eigenvalue weighted by atomic mass is 9.96. The van der Waals surface area contributed by atoms with Gasteiger partial charge in [0, 0.05) is 31.2 Å². The predicted octanol–water partition coefficient (Wildman–Crippen LogP) is 5.95. The number of aromatic hydroxyl groups is 1. The molecular formula is C29H28ClN5OS. The maximum absolute atomic E-state index is 11.2. The second-order valence-corrected chi connectivity index (χ2v) is 10.8. The Bertz CT molecular complexity index is 1460. The van der Waals surface area contributed by atoms with Crippen LogP contribution in [0.25, 0.3) is 4.96 Å². The Kier molecular flexibility index (Phi) is 6.69. The van der Waals surface area contributed by atoms with E-state index in [9.17, 15) is 5.11 Å². The topological polar surface area (TPSA) is 56.9 Å². The number of aryl methyl sites for hydroxylation is 1. The van der Waals surface area contributed by atoms with E-state index in [0.717, 1.165) is 36.6 Å². The molecule has 0 unspecified atom stereocenters. The SMILES string of the molecule is Cc1nc2sc([C@H](c3cccc(Cl)c3)N3CCN(C(c4ccccc4)c4ccccc4)CC3)c(O)n2n1. The Hall–Kier alpha value is -3.23. The summed E-state index contributed by atoms with van der Waals surface area (Å²) in [6.07, 6.45) is 0. The van der Waals surface area contributed by atoms with Crippen LogP contribution in [0.1, 0.15) is 39.5 Å². The van der Waals surface area contributed by atoms with Crippen molar-refractivity contribution in [3.63, 3.8) is 0 Å². The normalized spacial score (nSPS) is 16.0. The number of hydrogen-bond donors (Lipinski definition) is 1. The molecule has 0 amide bonds. The minimum Gasteiger partial charge on any atom is -0.492 e. The van der Waals surface area contributed by atoms with Gasteiger partial charge in [0.1, 0.15) is 5.82 Å². The first kappa shape index (κ1) is 24.1. The van der Waals surface area contributed by atoms with E-state index >= 15 is 0 Å². The van der Waals surface area contributed by atoms with E-state index in [1.807, 2.05) is 25.1 Å². The van der Waals surface area contributed by atoms with Crippen LogP contribution in [-0.4, -0.2) is 55.7 Å². The minimum absolute atomic E-state index is 0.137. The summed E-state index contributed by atoms with van der Waals surface area (Å²) in [7, 11) is 0.